The fourth-order valence-corrected chi connectivity index (χ4v) is 4.12. The van der Waals surface area contributed by atoms with Crippen LogP contribution in [0.4, 0.5) is 0 Å². The van der Waals surface area contributed by atoms with Crippen molar-refractivity contribution in [3.8, 4) is 0 Å². The molecule has 0 amide bonds. The van der Waals surface area contributed by atoms with Crippen molar-refractivity contribution in [3.05, 3.63) is 16.6 Å². The van der Waals surface area contributed by atoms with Crippen LogP contribution in [0.1, 0.15) is 45.0 Å². The van der Waals surface area contributed by atoms with E-state index in [1.165, 1.54) is 18.4 Å². The molecular weight excluding hydrogens is 274 g/mol. The van der Waals surface area contributed by atoms with Crippen LogP contribution in [-0.2, 0) is 15.1 Å². The Kier molecular flexibility index (Phi) is 4.21. The molecule has 4 nitrogen and oxygen atoms in total. The third kappa shape index (κ3) is 2.74. The Labute approximate surface area is 124 Å². The highest BCUT2D eigenvalue weighted by Gasteiger charge is 2.47. The maximum atomic E-state index is 11.9. The molecule has 0 saturated heterocycles. The van der Waals surface area contributed by atoms with E-state index in [-0.39, 0.29) is 23.2 Å². The van der Waals surface area contributed by atoms with Crippen LogP contribution in [0.3, 0.4) is 0 Å². The first-order valence-corrected chi connectivity index (χ1v) is 7.87. The van der Waals surface area contributed by atoms with Gasteiger partial charge in [-0.05, 0) is 37.5 Å². The Morgan fingerprint density at radius 1 is 1.55 bits per heavy atom. The van der Waals surface area contributed by atoms with E-state index in [2.05, 4.69) is 18.8 Å². The lowest BCUT2D eigenvalue weighted by Crippen LogP contribution is -2.44. The van der Waals surface area contributed by atoms with E-state index in [0.717, 1.165) is 24.3 Å². The Hall–Kier alpha value is -0.940. The minimum atomic E-state index is -0.924. The van der Waals surface area contributed by atoms with Crippen molar-refractivity contribution < 1.29 is 14.6 Å². The van der Waals surface area contributed by atoms with Gasteiger partial charge in [0.05, 0.1) is 13.0 Å². The molecule has 1 saturated carbocycles. The lowest BCUT2D eigenvalue weighted by atomic mass is 9.61. The number of hydrogen-bond donors (Lipinski definition) is 1. The number of aromatic nitrogens is 1. The summed E-state index contributed by atoms with van der Waals surface area (Å²) in [6.07, 6.45) is 4.08. The Balaban J connectivity index is 2.17. The molecule has 0 bridgehead atoms. The monoisotopic (exact) mass is 297 g/mol. The van der Waals surface area contributed by atoms with Crippen LogP contribution in [0, 0.1) is 17.3 Å². The number of thiazole rings is 1. The zero-order valence-electron chi connectivity index (χ0n) is 12.5. The Morgan fingerprint density at radius 2 is 2.25 bits per heavy atom. The average Bonchev–Trinajstić information content (AvgIpc) is 2.91. The average molecular weight is 297 g/mol. The van der Waals surface area contributed by atoms with Gasteiger partial charge in [0.2, 0.25) is 0 Å². The summed E-state index contributed by atoms with van der Waals surface area (Å²) in [5.41, 5.74) is -1.09. The van der Waals surface area contributed by atoms with Gasteiger partial charge in [-0.1, -0.05) is 13.8 Å². The van der Waals surface area contributed by atoms with Gasteiger partial charge in [-0.3, -0.25) is 4.79 Å². The highest BCUT2D eigenvalue weighted by atomic mass is 32.1. The molecule has 1 aromatic heterocycles. The normalized spacial score (nSPS) is 28.6. The third-order valence-electron chi connectivity index (χ3n) is 4.67. The number of esters is 1. The summed E-state index contributed by atoms with van der Waals surface area (Å²) in [5.74, 6) is -0.109. The Bertz CT molecular complexity index is 467. The molecule has 5 heteroatoms. The van der Waals surface area contributed by atoms with Gasteiger partial charge in [0.1, 0.15) is 10.6 Å². The van der Waals surface area contributed by atoms with Crippen LogP contribution in [0.5, 0.6) is 0 Å². The van der Waals surface area contributed by atoms with E-state index >= 15 is 0 Å². The number of carbonyl (C=O) groups excluding carboxylic acids is 1. The molecule has 1 fully saturated rings. The van der Waals surface area contributed by atoms with Gasteiger partial charge >= 0.3 is 5.97 Å². The largest absolute Gasteiger partial charge is 0.469 e. The molecule has 0 aromatic carbocycles. The number of ether oxygens (including phenoxy) is 1. The molecule has 1 heterocycles. The van der Waals surface area contributed by atoms with Crippen LogP contribution in [0.15, 0.2) is 11.6 Å². The van der Waals surface area contributed by atoms with Crippen molar-refractivity contribution in [2.45, 2.75) is 45.6 Å². The predicted molar refractivity (Wildman–Crippen MR) is 78.3 cm³/mol. The Morgan fingerprint density at radius 3 is 2.75 bits per heavy atom. The molecule has 3 unspecified atom stereocenters. The van der Waals surface area contributed by atoms with E-state index in [1.807, 2.05) is 12.3 Å². The lowest BCUT2D eigenvalue weighted by Gasteiger charge is -2.45. The van der Waals surface area contributed by atoms with E-state index in [9.17, 15) is 9.90 Å². The van der Waals surface area contributed by atoms with Crippen LogP contribution >= 0.6 is 11.3 Å². The van der Waals surface area contributed by atoms with Gasteiger partial charge in [0.25, 0.3) is 0 Å². The summed E-state index contributed by atoms with van der Waals surface area (Å²) in [4.78, 5) is 16.1. The summed E-state index contributed by atoms with van der Waals surface area (Å²) < 4.78 is 4.91. The molecule has 0 radical (unpaired) electrons. The van der Waals surface area contributed by atoms with Crippen molar-refractivity contribution in [3.63, 3.8) is 0 Å². The van der Waals surface area contributed by atoms with Crippen LogP contribution in [0.25, 0.3) is 0 Å². The predicted octanol–water partition coefficient (Wildman–Crippen LogP) is 2.97. The van der Waals surface area contributed by atoms with Crippen molar-refractivity contribution >= 4 is 17.3 Å². The first-order valence-electron chi connectivity index (χ1n) is 6.99. The molecule has 1 N–H and O–H groups in total. The van der Waals surface area contributed by atoms with E-state index in [4.69, 9.17) is 4.74 Å². The van der Waals surface area contributed by atoms with E-state index in [0.29, 0.717) is 0 Å². The van der Waals surface area contributed by atoms with Crippen molar-refractivity contribution in [1.82, 2.24) is 4.98 Å². The number of rotatable bonds is 3. The quantitative estimate of drug-likeness (QED) is 0.871. The molecule has 1 aliphatic carbocycles. The first-order chi connectivity index (χ1) is 9.29. The second kappa shape index (κ2) is 5.45. The number of carbonyl (C=O) groups is 1. The minimum Gasteiger partial charge on any atom is -0.469 e. The summed E-state index contributed by atoms with van der Waals surface area (Å²) >= 11 is 1.48. The number of aliphatic hydroxyl groups is 1. The standard InChI is InChI=1S/C15H23NO3S/c1-14(2)9-10(5-6-11(14)12(17)19-4)15(3,18)13-16-7-8-20-13/h7-8,10-11,18H,5-6,9H2,1-4H3. The smallest absolute Gasteiger partial charge is 0.309 e. The SMILES string of the molecule is COC(=O)C1CCC(C(C)(O)c2nccs2)CC1(C)C. The second-order valence-electron chi connectivity index (χ2n) is 6.53. The summed E-state index contributed by atoms with van der Waals surface area (Å²) in [6.45, 7) is 6.00. The van der Waals surface area contributed by atoms with E-state index < -0.39 is 5.60 Å². The van der Waals surface area contributed by atoms with Gasteiger partial charge < -0.3 is 9.84 Å². The lowest BCUT2D eigenvalue weighted by molar-refractivity contribution is -0.155. The number of methoxy groups -OCH3 is 1. The van der Waals surface area contributed by atoms with Gasteiger partial charge in [0, 0.05) is 11.6 Å². The zero-order valence-corrected chi connectivity index (χ0v) is 13.4. The van der Waals surface area contributed by atoms with Crippen molar-refractivity contribution in [1.29, 1.82) is 0 Å². The summed E-state index contributed by atoms with van der Waals surface area (Å²) in [6, 6.07) is 0. The van der Waals surface area contributed by atoms with Gasteiger partial charge in [0.15, 0.2) is 0 Å². The van der Waals surface area contributed by atoms with Crippen LogP contribution < -0.4 is 0 Å². The molecule has 1 aliphatic rings. The number of hydrogen-bond acceptors (Lipinski definition) is 5. The van der Waals surface area contributed by atoms with Crippen LogP contribution in [0.2, 0.25) is 0 Å². The molecule has 3 atom stereocenters. The maximum Gasteiger partial charge on any atom is 0.309 e. The summed E-state index contributed by atoms with van der Waals surface area (Å²) in [7, 11) is 1.44. The van der Waals surface area contributed by atoms with Crippen molar-refractivity contribution in [2.75, 3.05) is 7.11 Å². The molecular formula is C15H23NO3S. The molecule has 0 spiro atoms. The third-order valence-corrected chi connectivity index (χ3v) is 5.67. The second-order valence-corrected chi connectivity index (χ2v) is 7.42. The minimum absolute atomic E-state index is 0.0872. The van der Waals surface area contributed by atoms with Gasteiger partial charge in [-0.15, -0.1) is 11.3 Å². The molecule has 112 valence electrons. The zero-order chi connectivity index (χ0) is 15.0. The van der Waals surface area contributed by atoms with Gasteiger partial charge in [-0.2, -0.15) is 0 Å². The van der Waals surface area contributed by atoms with E-state index in [1.54, 1.807) is 6.20 Å². The fourth-order valence-electron chi connectivity index (χ4n) is 3.34. The van der Waals surface area contributed by atoms with Gasteiger partial charge in [-0.25, -0.2) is 4.98 Å². The summed E-state index contributed by atoms with van der Waals surface area (Å²) in [5, 5.41) is 13.5. The maximum absolute atomic E-state index is 11.9. The highest BCUT2D eigenvalue weighted by molar-refractivity contribution is 7.09. The molecule has 20 heavy (non-hydrogen) atoms. The molecule has 1 aromatic rings. The number of nitrogens with zero attached hydrogens (tertiary/aromatic N) is 1. The fraction of sp³-hybridized carbons (Fsp3) is 0.733. The topological polar surface area (TPSA) is 59.4 Å². The first kappa shape index (κ1) is 15.4. The molecule has 2 rings (SSSR count). The molecule has 0 aliphatic heterocycles. The van der Waals surface area contributed by atoms with Crippen molar-refractivity contribution in [2.24, 2.45) is 17.3 Å². The van der Waals surface area contributed by atoms with Crippen LogP contribution in [-0.4, -0.2) is 23.2 Å². The highest BCUT2D eigenvalue weighted by Crippen LogP contribution is 2.49.